The van der Waals surface area contributed by atoms with Crippen LogP contribution in [0.4, 0.5) is 11.4 Å². The van der Waals surface area contributed by atoms with Gasteiger partial charge in [-0.1, -0.05) is 43.3 Å². The summed E-state index contributed by atoms with van der Waals surface area (Å²) in [6.45, 7) is 6.45. The van der Waals surface area contributed by atoms with Gasteiger partial charge < -0.3 is 14.8 Å². The Morgan fingerprint density at radius 2 is 1.71 bits per heavy atom. The summed E-state index contributed by atoms with van der Waals surface area (Å²) in [5.41, 5.74) is 4.03. The Kier molecular flexibility index (Phi) is 6.68. The van der Waals surface area contributed by atoms with E-state index in [4.69, 9.17) is 9.47 Å². The molecule has 0 spiro atoms. The number of nitrogens with one attached hydrogen (secondary N) is 1. The second-order valence-electron chi connectivity index (χ2n) is 8.19. The second kappa shape index (κ2) is 9.83. The van der Waals surface area contributed by atoms with Gasteiger partial charge in [0, 0.05) is 17.3 Å². The summed E-state index contributed by atoms with van der Waals surface area (Å²) in [4.78, 5) is 28.8. The molecule has 0 atom stereocenters. The fraction of sp³-hybridized carbons (Fsp3) is 0.214. The van der Waals surface area contributed by atoms with Crippen molar-refractivity contribution in [2.24, 2.45) is 0 Å². The minimum Gasteiger partial charge on any atom is -0.496 e. The summed E-state index contributed by atoms with van der Waals surface area (Å²) in [5, 5.41) is 3.20. The number of carbonyl (C=O) groups is 2. The molecule has 3 aromatic rings. The maximum atomic E-state index is 13.8. The molecular weight excluding hydrogens is 428 g/mol. The molecule has 1 aliphatic rings. The average molecular weight is 457 g/mol. The lowest BCUT2D eigenvalue weighted by atomic mass is 10.0. The summed E-state index contributed by atoms with van der Waals surface area (Å²) < 4.78 is 11.3. The molecule has 3 aromatic carbocycles. The number of benzene rings is 3. The van der Waals surface area contributed by atoms with Gasteiger partial charge in [0.1, 0.15) is 17.2 Å². The number of carbonyl (C=O) groups excluding carboxylic acids is 2. The van der Waals surface area contributed by atoms with Crippen LogP contribution in [0.5, 0.6) is 11.5 Å². The van der Waals surface area contributed by atoms with Crippen molar-refractivity contribution >= 4 is 28.8 Å². The number of methoxy groups -OCH3 is 1. The van der Waals surface area contributed by atoms with Crippen LogP contribution in [-0.4, -0.2) is 25.5 Å². The Hall–Kier alpha value is -4.06. The summed E-state index contributed by atoms with van der Waals surface area (Å²) >= 11 is 0. The number of rotatable bonds is 8. The first-order chi connectivity index (χ1) is 16.4. The minimum atomic E-state index is -0.417. The maximum absolute atomic E-state index is 13.8. The van der Waals surface area contributed by atoms with E-state index >= 15 is 0 Å². The highest BCUT2D eigenvalue weighted by atomic mass is 16.5. The van der Waals surface area contributed by atoms with Gasteiger partial charge in [-0.25, -0.2) is 4.90 Å². The summed E-state index contributed by atoms with van der Waals surface area (Å²) in [7, 11) is 1.55. The molecule has 0 bridgehead atoms. The minimum absolute atomic E-state index is 0.197. The zero-order valence-corrected chi connectivity index (χ0v) is 19.8. The lowest BCUT2D eigenvalue weighted by molar-refractivity contribution is -0.120. The summed E-state index contributed by atoms with van der Waals surface area (Å²) in [6, 6.07) is 20.3. The van der Waals surface area contributed by atoms with E-state index in [0.29, 0.717) is 35.0 Å². The molecule has 0 unspecified atom stereocenters. The predicted molar refractivity (Wildman–Crippen MR) is 134 cm³/mol. The number of amides is 2. The zero-order valence-electron chi connectivity index (χ0n) is 19.8. The molecule has 174 valence electrons. The van der Waals surface area contributed by atoms with Gasteiger partial charge in [0.05, 0.1) is 25.0 Å². The molecule has 1 N–H and O–H groups in total. The van der Waals surface area contributed by atoms with E-state index in [1.165, 1.54) is 4.90 Å². The van der Waals surface area contributed by atoms with Gasteiger partial charge in [-0.2, -0.15) is 0 Å². The molecule has 6 heteroatoms. The first kappa shape index (κ1) is 23.1. The Labute approximate surface area is 199 Å². The van der Waals surface area contributed by atoms with Gasteiger partial charge in [-0.05, 0) is 55.7 Å². The number of aryl methyl sites for hydroxylation is 2. The number of nitrogens with zero attached hydrogens (tertiary/aromatic N) is 1. The van der Waals surface area contributed by atoms with Crippen LogP contribution in [0.3, 0.4) is 0 Å². The van der Waals surface area contributed by atoms with Gasteiger partial charge in [0.25, 0.3) is 11.8 Å². The lowest BCUT2D eigenvalue weighted by Gasteiger charge is -2.18. The van der Waals surface area contributed by atoms with Crippen LogP contribution in [-0.2, 0) is 9.59 Å². The van der Waals surface area contributed by atoms with Gasteiger partial charge in [0.2, 0.25) is 0 Å². The zero-order chi connectivity index (χ0) is 24.2. The van der Waals surface area contributed by atoms with Gasteiger partial charge in [-0.3, -0.25) is 9.59 Å². The van der Waals surface area contributed by atoms with E-state index in [2.05, 4.69) is 5.32 Å². The molecule has 0 radical (unpaired) electrons. The maximum Gasteiger partial charge on any atom is 0.282 e. The first-order valence-electron chi connectivity index (χ1n) is 11.3. The Morgan fingerprint density at radius 3 is 2.47 bits per heavy atom. The average Bonchev–Trinajstić information content (AvgIpc) is 3.08. The Bertz CT molecular complexity index is 1280. The Balaban J connectivity index is 1.83. The van der Waals surface area contributed by atoms with E-state index in [1.807, 2.05) is 75.4 Å². The molecule has 6 nitrogen and oxygen atoms in total. The largest absolute Gasteiger partial charge is 0.496 e. The fourth-order valence-electron chi connectivity index (χ4n) is 3.95. The van der Waals surface area contributed by atoms with Crippen LogP contribution in [0.25, 0.3) is 5.57 Å². The van der Waals surface area contributed by atoms with Crippen molar-refractivity contribution in [1.29, 1.82) is 0 Å². The number of para-hydroxylation sites is 1. The second-order valence-corrected chi connectivity index (χ2v) is 8.19. The van der Waals surface area contributed by atoms with Crippen LogP contribution >= 0.6 is 0 Å². The van der Waals surface area contributed by atoms with Crippen LogP contribution in [0.15, 0.2) is 72.4 Å². The molecule has 0 saturated heterocycles. The van der Waals surface area contributed by atoms with Crippen molar-refractivity contribution in [1.82, 2.24) is 0 Å². The molecule has 0 aromatic heterocycles. The van der Waals surface area contributed by atoms with Crippen molar-refractivity contribution in [2.75, 3.05) is 23.9 Å². The molecule has 1 aliphatic heterocycles. The van der Waals surface area contributed by atoms with E-state index < -0.39 is 11.8 Å². The number of imide groups is 1. The first-order valence-corrected chi connectivity index (χ1v) is 11.3. The molecule has 0 fully saturated rings. The number of hydrogen-bond donors (Lipinski definition) is 1. The smallest absolute Gasteiger partial charge is 0.282 e. The monoisotopic (exact) mass is 456 g/mol. The molecule has 34 heavy (non-hydrogen) atoms. The third-order valence-corrected chi connectivity index (χ3v) is 5.64. The molecule has 0 aliphatic carbocycles. The quantitative estimate of drug-likeness (QED) is 0.454. The van der Waals surface area contributed by atoms with Crippen molar-refractivity contribution in [3.05, 3.63) is 89.1 Å². The molecule has 4 rings (SSSR count). The number of anilines is 2. The third kappa shape index (κ3) is 4.39. The van der Waals surface area contributed by atoms with Gasteiger partial charge in [0.15, 0.2) is 0 Å². The van der Waals surface area contributed by atoms with Crippen LogP contribution < -0.4 is 19.7 Å². The van der Waals surface area contributed by atoms with E-state index in [-0.39, 0.29) is 11.3 Å². The topological polar surface area (TPSA) is 67.9 Å². The highest BCUT2D eigenvalue weighted by Gasteiger charge is 2.41. The third-order valence-electron chi connectivity index (χ3n) is 5.64. The standard InChI is InChI=1S/C28H28N2O4/c1-5-15-34-21-10-8-9-20(17-21)29-26-25(22-11-6-7-12-24(22)33-4)27(31)30(28(26)32)23-16-18(2)13-14-19(23)3/h6-14,16-17,29H,5,15H2,1-4H3. The molecule has 2 amide bonds. The van der Waals surface area contributed by atoms with Crippen molar-refractivity contribution in [3.8, 4) is 11.5 Å². The van der Waals surface area contributed by atoms with Crippen LogP contribution in [0.2, 0.25) is 0 Å². The fourth-order valence-corrected chi connectivity index (χ4v) is 3.95. The van der Waals surface area contributed by atoms with Crippen molar-refractivity contribution in [3.63, 3.8) is 0 Å². The van der Waals surface area contributed by atoms with Gasteiger partial charge >= 0.3 is 0 Å². The molecule has 1 heterocycles. The highest BCUT2D eigenvalue weighted by Crippen LogP contribution is 2.38. The van der Waals surface area contributed by atoms with Crippen molar-refractivity contribution < 1.29 is 19.1 Å². The van der Waals surface area contributed by atoms with Crippen molar-refractivity contribution in [2.45, 2.75) is 27.2 Å². The SMILES string of the molecule is CCCOc1cccc(NC2=C(c3ccccc3OC)C(=O)N(c3cc(C)ccc3C)C2=O)c1. The van der Waals surface area contributed by atoms with E-state index in [0.717, 1.165) is 17.5 Å². The van der Waals surface area contributed by atoms with Crippen LogP contribution in [0.1, 0.15) is 30.0 Å². The molecule has 0 saturated carbocycles. The van der Waals surface area contributed by atoms with Crippen LogP contribution in [0, 0.1) is 13.8 Å². The van der Waals surface area contributed by atoms with E-state index in [9.17, 15) is 9.59 Å². The molecular formula is C28H28N2O4. The highest BCUT2D eigenvalue weighted by molar-refractivity contribution is 6.46. The normalized spacial score (nSPS) is 13.5. The summed E-state index contributed by atoms with van der Waals surface area (Å²) in [5.74, 6) is 0.388. The summed E-state index contributed by atoms with van der Waals surface area (Å²) in [6.07, 6.45) is 0.887. The lowest BCUT2D eigenvalue weighted by Crippen LogP contribution is -2.33. The Morgan fingerprint density at radius 1 is 0.912 bits per heavy atom. The number of hydrogen-bond acceptors (Lipinski definition) is 5. The van der Waals surface area contributed by atoms with E-state index in [1.54, 1.807) is 19.2 Å². The number of ether oxygens (including phenoxy) is 2. The predicted octanol–water partition coefficient (Wildman–Crippen LogP) is 5.50. The van der Waals surface area contributed by atoms with Gasteiger partial charge in [-0.15, -0.1) is 0 Å².